The number of unbranched alkanes of at least 4 members (excludes halogenated alkanes) is 3. The van der Waals surface area contributed by atoms with Crippen LogP contribution in [0.2, 0.25) is 0 Å². The summed E-state index contributed by atoms with van der Waals surface area (Å²) in [4.78, 5) is 0. The molecule has 0 radical (unpaired) electrons. The van der Waals surface area contributed by atoms with Crippen molar-refractivity contribution in [2.45, 2.75) is 52.1 Å². The van der Waals surface area contributed by atoms with E-state index >= 15 is 0 Å². The predicted molar refractivity (Wildman–Crippen MR) is 83.0 cm³/mol. The van der Waals surface area contributed by atoms with Gasteiger partial charge in [0.15, 0.2) is 0 Å². The normalized spacial score (nSPS) is 15.1. The molecule has 6 nitrogen and oxygen atoms in total. The van der Waals surface area contributed by atoms with Gasteiger partial charge < -0.3 is 0 Å². The van der Waals surface area contributed by atoms with E-state index < -0.39 is 26.3 Å². The minimum atomic E-state index is -3.53. The molecule has 0 aromatic carbocycles. The molecule has 0 aliphatic rings. The molecule has 0 aliphatic heterocycles. The fourth-order valence-electron chi connectivity index (χ4n) is 1.79. The highest BCUT2D eigenvalue weighted by Crippen LogP contribution is 2.14. The minimum Gasteiger partial charge on any atom is -0.267 e. The van der Waals surface area contributed by atoms with Gasteiger partial charge in [-0.3, -0.25) is 8.37 Å². The van der Waals surface area contributed by atoms with Crippen LogP contribution in [0.5, 0.6) is 0 Å². The first-order valence-electron chi connectivity index (χ1n) is 6.94. The summed E-state index contributed by atoms with van der Waals surface area (Å²) in [5, 5.41) is 0. The fourth-order valence-corrected chi connectivity index (χ4v) is 2.82. The first-order valence-corrected chi connectivity index (χ1v) is 10.6. The molecule has 126 valence electrons. The summed E-state index contributed by atoms with van der Waals surface area (Å²) in [5.41, 5.74) is 0.729. The zero-order valence-corrected chi connectivity index (χ0v) is 14.8. The minimum absolute atomic E-state index is 0.0670. The van der Waals surface area contributed by atoms with Crippen molar-refractivity contribution in [3.05, 3.63) is 11.6 Å². The Morgan fingerprint density at radius 2 is 1.71 bits per heavy atom. The van der Waals surface area contributed by atoms with Gasteiger partial charge in [0.1, 0.15) is 0 Å². The van der Waals surface area contributed by atoms with Crippen LogP contribution in [-0.2, 0) is 28.6 Å². The van der Waals surface area contributed by atoms with Gasteiger partial charge in [0.2, 0.25) is 0 Å². The molecule has 0 aromatic rings. The second-order valence-corrected chi connectivity index (χ2v) is 8.38. The number of hydrogen-bond donors (Lipinski definition) is 0. The first kappa shape index (κ1) is 20.6. The molecular weight excluding hydrogens is 316 g/mol. The molecule has 0 amide bonds. The Labute approximate surface area is 128 Å². The molecule has 0 fully saturated rings. The van der Waals surface area contributed by atoms with Gasteiger partial charge in [-0.25, -0.2) is 0 Å². The Bertz CT molecular complexity index is 519. The summed E-state index contributed by atoms with van der Waals surface area (Å²) in [6.07, 6.45) is 7.63. The van der Waals surface area contributed by atoms with Gasteiger partial charge in [-0.05, 0) is 31.8 Å². The third-order valence-corrected chi connectivity index (χ3v) is 3.81. The van der Waals surface area contributed by atoms with Crippen molar-refractivity contribution in [1.82, 2.24) is 0 Å². The van der Waals surface area contributed by atoms with Crippen molar-refractivity contribution in [3.63, 3.8) is 0 Å². The molecule has 1 atom stereocenters. The van der Waals surface area contributed by atoms with E-state index in [0.717, 1.165) is 43.8 Å². The van der Waals surface area contributed by atoms with Crippen LogP contribution in [0.15, 0.2) is 11.6 Å². The molecule has 0 rings (SSSR count). The van der Waals surface area contributed by atoms with Gasteiger partial charge >= 0.3 is 0 Å². The maximum atomic E-state index is 11.1. The summed E-state index contributed by atoms with van der Waals surface area (Å²) < 4.78 is 53.9. The molecule has 1 unspecified atom stereocenters. The highest BCUT2D eigenvalue weighted by Gasteiger charge is 2.14. The number of rotatable bonds is 11. The fraction of sp³-hybridized carbons (Fsp3) is 0.846. The van der Waals surface area contributed by atoms with E-state index in [1.807, 2.05) is 6.08 Å². The average Bonchev–Trinajstić information content (AvgIpc) is 2.27. The molecule has 0 saturated carbocycles. The van der Waals surface area contributed by atoms with Crippen LogP contribution in [-0.4, -0.2) is 42.1 Å². The molecule has 0 N–H and O–H groups in total. The van der Waals surface area contributed by atoms with Gasteiger partial charge in [-0.2, -0.15) is 16.8 Å². The zero-order valence-electron chi connectivity index (χ0n) is 13.2. The summed E-state index contributed by atoms with van der Waals surface area (Å²) in [6, 6.07) is 0. The van der Waals surface area contributed by atoms with Crippen LogP contribution >= 0.6 is 0 Å². The summed E-state index contributed by atoms with van der Waals surface area (Å²) in [6.45, 7) is 3.66. The van der Waals surface area contributed by atoms with E-state index in [1.165, 1.54) is 0 Å². The summed E-state index contributed by atoms with van der Waals surface area (Å²) in [5.74, 6) is 0. The quantitative estimate of drug-likeness (QED) is 0.325. The van der Waals surface area contributed by atoms with Crippen molar-refractivity contribution < 1.29 is 25.2 Å². The van der Waals surface area contributed by atoms with Gasteiger partial charge in [-0.15, -0.1) is 0 Å². The lowest BCUT2D eigenvalue weighted by molar-refractivity contribution is 0.224. The monoisotopic (exact) mass is 342 g/mol. The average molecular weight is 342 g/mol. The second-order valence-electron chi connectivity index (χ2n) is 5.14. The highest BCUT2D eigenvalue weighted by molar-refractivity contribution is 7.86. The van der Waals surface area contributed by atoms with E-state index in [0.29, 0.717) is 6.42 Å². The zero-order chi connectivity index (χ0) is 16.5. The van der Waals surface area contributed by atoms with Crippen LogP contribution in [0.25, 0.3) is 0 Å². The molecular formula is C13H26O6S2. The molecule has 21 heavy (non-hydrogen) atoms. The van der Waals surface area contributed by atoms with Gasteiger partial charge in [0, 0.05) is 0 Å². The van der Waals surface area contributed by atoms with E-state index in [2.05, 4.69) is 6.92 Å². The van der Waals surface area contributed by atoms with E-state index in [4.69, 9.17) is 8.37 Å². The standard InChI is InChI=1S/C13H26O6S2/c1-5-6-7-8-9-13(11-18-20(3,14)15)10-12(2)19-21(4,16)17/h9,12H,5-8,10-11H2,1-4H3/b13-9+. The molecule has 0 aliphatic carbocycles. The molecule has 0 spiro atoms. The lowest BCUT2D eigenvalue weighted by atomic mass is 10.1. The Hall–Kier alpha value is -0.440. The maximum Gasteiger partial charge on any atom is 0.264 e. The Balaban J connectivity index is 4.63. The smallest absolute Gasteiger partial charge is 0.264 e. The Kier molecular flexibility index (Phi) is 9.35. The van der Waals surface area contributed by atoms with E-state index in [9.17, 15) is 16.8 Å². The molecule has 0 heterocycles. The molecule has 0 saturated heterocycles. The first-order chi connectivity index (χ1) is 9.53. The number of hydrogen-bond acceptors (Lipinski definition) is 6. The summed E-state index contributed by atoms with van der Waals surface area (Å²) in [7, 11) is -7.05. The predicted octanol–water partition coefficient (Wildman–Crippen LogP) is 2.22. The van der Waals surface area contributed by atoms with E-state index in [1.54, 1.807) is 6.92 Å². The summed E-state index contributed by atoms with van der Waals surface area (Å²) >= 11 is 0. The van der Waals surface area contributed by atoms with Crippen molar-refractivity contribution in [1.29, 1.82) is 0 Å². The number of allylic oxidation sites excluding steroid dienone is 1. The van der Waals surface area contributed by atoms with Crippen molar-refractivity contribution in [3.8, 4) is 0 Å². The van der Waals surface area contributed by atoms with Crippen LogP contribution in [0, 0.1) is 0 Å². The SMILES string of the molecule is CCCCC/C=C(/COS(C)(=O)=O)CC(C)OS(C)(=O)=O. The lowest BCUT2D eigenvalue weighted by Gasteiger charge is -2.14. The Morgan fingerprint density at radius 3 is 2.19 bits per heavy atom. The van der Waals surface area contributed by atoms with E-state index in [-0.39, 0.29) is 6.61 Å². The molecule has 0 aromatic heterocycles. The third-order valence-electron chi connectivity index (χ3n) is 2.59. The van der Waals surface area contributed by atoms with Gasteiger partial charge in [-0.1, -0.05) is 25.8 Å². The van der Waals surface area contributed by atoms with Crippen LogP contribution < -0.4 is 0 Å². The molecule has 8 heteroatoms. The van der Waals surface area contributed by atoms with Gasteiger partial charge in [0.05, 0.1) is 25.2 Å². The van der Waals surface area contributed by atoms with Crippen molar-refractivity contribution in [2.24, 2.45) is 0 Å². The highest BCUT2D eigenvalue weighted by atomic mass is 32.2. The Morgan fingerprint density at radius 1 is 1.10 bits per heavy atom. The largest absolute Gasteiger partial charge is 0.267 e. The van der Waals surface area contributed by atoms with Crippen molar-refractivity contribution in [2.75, 3.05) is 19.1 Å². The van der Waals surface area contributed by atoms with Gasteiger partial charge in [0.25, 0.3) is 20.2 Å². The topological polar surface area (TPSA) is 86.7 Å². The maximum absolute atomic E-state index is 11.1. The lowest BCUT2D eigenvalue weighted by Crippen LogP contribution is -2.17. The van der Waals surface area contributed by atoms with Crippen LogP contribution in [0.3, 0.4) is 0 Å². The van der Waals surface area contributed by atoms with Crippen LogP contribution in [0.4, 0.5) is 0 Å². The van der Waals surface area contributed by atoms with Crippen LogP contribution in [0.1, 0.15) is 46.0 Å². The third kappa shape index (κ3) is 14.3. The van der Waals surface area contributed by atoms with Crippen molar-refractivity contribution >= 4 is 20.2 Å². The second kappa shape index (κ2) is 9.55. The molecule has 0 bridgehead atoms.